The summed E-state index contributed by atoms with van der Waals surface area (Å²) in [6.07, 6.45) is 0.620. The van der Waals surface area contributed by atoms with Crippen LogP contribution in [0.2, 0.25) is 0 Å². The molecule has 0 aromatic heterocycles. The zero-order chi connectivity index (χ0) is 15.6. The Morgan fingerprint density at radius 2 is 1.95 bits per heavy atom. The first-order chi connectivity index (χ1) is 9.93. The van der Waals surface area contributed by atoms with Crippen molar-refractivity contribution < 1.29 is 14.8 Å². The number of hydrogen-bond donors (Lipinski definition) is 2. The second-order valence-electron chi connectivity index (χ2n) is 5.54. The van der Waals surface area contributed by atoms with Crippen LogP contribution in [0.15, 0.2) is 29.4 Å². The summed E-state index contributed by atoms with van der Waals surface area (Å²) in [5.41, 5.74) is 1.71. The largest absolute Gasteiger partial charge is 0.411 e. The van der Waals surface area contributed by atoms with E-state index < -0.39 is 12.1 Å². The highest BCUT2D eigenvalue weighted by Crippen LogP contribution is 2.22. The van der Waals surface area contributed by atoms with E-state index in [4.69, 9.17) is 5.21 Å². The molecule has 0 saturated carbocycles. The number of carbonyl (C=O) groups is 2. The van der Waals surface area contributed by atoms with E-state index in [1.165, 1.54) is 0 Å². The average molecular weight is 289 g/mol. The number of nitrogens with one attached hydrogen (secondary N) is 1. The Hall–Kier alpha value is -2.37. The molecule has 112 valence electrons. The zero-order valence-electron chi connectivity index (χ0n) is 12.3. The van der Waals surface area contributed by atoms with Gasteiger partial charge in [0, 0.05) is 0 Å². The van der Waals surface area contributed by atoms with Crippen LogP contribution in [0.25, 0.3) is 0 Å². The first kappa shape index (κ1) is 15.0. The number of urea groups is 1. The van der Waals surface area contributed by atoms with Crippen LogP contribution in [-0.4, -0.2) is 28.9 Å². The zero-order valence-corrected chi connectivity index (χ0v) is 12.3. The van der Waals surface area contributed by atoms with Crippen molar-refractivity contribution in [2.75, 3.05) is 4.90 Å². The van der Waals surface area contributed by atoms with Crippen molar-refractivity contribution >= 4 is 23.3 Å². The van der Waals surface area contributed by atoms with Gasteiger partial charge in [0.15, 0.2) is 0 Å². The number of hydrogen-bond acceptors (Lipinski definition) is 4. The molecular formula is C15H19N3O3. The van der Waals surface area contributed by atoms with Crippen molar-refractivity contribution in [3.8, 4) is 0 Å². The second kappa shape index (κ2) is 5.95. The molecule has 0 bridgehead atoms. The van der Waals surface area contributed by atoms with Gasteiger partial charge in [0.2, 0.25) is 0 Å². The topological polar surface area (TPSA) is 82.0 Å². The quantitative estimate of drug-likeness (QED) is 0.386. The third kappa shape index (κ3) is 3.04. The first-order valence-electron chi connectivity index (χ1n) is 6.87. The van der Waals surface area contributed by atoms with Crippen molar-refractivity contribution in [1.29, 1.82) is 0 Å². The van der Waals surface area contributed by atoms with Crippen LogP contribution in [-0.2, 0) is 4.79 Å². The first-order valence-corrected chi connectivity index (χ1v) is 6.87. The second-order valence-corrected chi connectivity index (χ2v) is 5.54. The summed E-state index contributed by atoms with van der Waals surface area (Å²) in [4.78, 5) is 25.4. The lowest BCUT2D eigenvalue weighted by Crippen LogP contribution is -2.31. The smallest absolute Gasteiger partial charge is 0.329 e. The summed E-state index contributed by atoms with van der Waals surface area (Å²) < 4.78 is 0. The molecule has 1 aliphatic heterocycles. The standard InChI is InChI=1S/C15H19N3O3/c1-9(2)8-13-14(19)18(15(20)16-13)12-6-4-11(5-7-12)10(3)17-21/h4-7,9,13,21H,8H2,1-3H3,(H,16,20)/b17-10+. The summed E-state index contributed by atoms with van der Waals surface area (Å²) >= 11 is 0. The molecule has 6 heteroatoms. The number of anilines is 1. The highest BCUT2D eigenvalue weighted by Gasteiger charge is 2.38. The van der Waals surface area contributed by atoms with E-state index in [0.717, 1.165) is 10.5 Å². The molecule has 0 spiro atoms. The lowest BCUT2D eigenvalue weighted by Gasteiger charge is -2.14. The van der Waals surface area contributed by atoms with E-state index in [9.17, 15) is 9.59 Å². The summed E-state index contributed by atoms with van der Waals surface area (Å²) in [6.45, 7) is 5.68. The fourth-order valence-corrected chi connectivity index (χ4v) is 2.32. The third-order valence-corrected chi connectivity index (χ3v) is 3.42. The van der Waals surface area contributed by atoms with Crippen molar-refractivity contribution in [1.82, 2.24) is 5.32 Å². The van der Waals surface area contributed by atoms with Crippen LogP contribution in [0, 0.1) is 5.92 Å². The van der Waals surface area contributed by atoms with Gasteiger partial charge in [0.25, 0.3) is 5.91 Å². The number of oxime groups is 1. The number of benzene rings is 1. The SMILES string of the molecule is C/C(=N\O)c1ccc(N2C(=O)NC(CC(C)C)C2=O)cc1. The Morgan fingerprint density at radius 3 is 2.48 bits per heavy atom. The number of amides is 3. The van der Waals surface area contributed by atoms with Gasteiger partial charge in [-0.2, -0.15) is 0 Å². The summed E-state index contributed by atoms with van der Waals surface area (Å²) in [5.74, 6) is 0.0963. The molecule has 1 unspecified atom stereocenters. The molecule has 1 aliphatic rings. The Labute approximate surface area is 123 Å². The maximum atomic E-state index is 12.3. The normalized spacial score (nSPS) is 19.3. The molecule has 0 aliphatic carbocycles. The maximum Gasteiger partial charge on any atom is 0.329 e. The van der Waals surface area contributed by atoms with E-state index in [2.05, 4.69) is 10.5 Å². The van der Waals surface area contributed by atoms with Gasteiger partial charge in [-0.25, -0.2) is 9.69 Å². The van der Waals surface area contributed by atoms with Gasteiger partial charge in [0.1, 0.15) is 6.04 Å². The third-order valence-electron chi connectivity index (χ3n) is 3.42. The van der Waals surface area contributed by atoms with Crippen molar-refractivity contribution in [2.24, 2.45) is 11.1 Å². The molecule has 1 aromatic rings. The van der Waals surface area contributed by atoms with Crippen LogP contribution in [0.4, 0.5) is 10.5 Å². The Balaban J connectivity index is 2.22. The molecule has 1 fully saturated rings. The minimum atomic E-state index is -0.460. The van der Waals surface area contributed by atoms with Crippen LogP contribution < -0.4 is 10.2 Å². The average Bonchev–Trinajstić information content (AvgIpc) is 2.72. The molecule has 6 nitrogen and oxygen atoms in total. The van der Waals surface area contributed by atoms with E-state index in [0.29, 0.717) is 23.7 Å². The Morgan fingerprint density at radius 1 is 1.33 bits per heavy atom. The molecule has 1 atom stereocenters. The lowest BCUT2D eigenvalue weighted by atomic mass is 10.0. The van der Waals surface area contributed by atoms with E-state index in [1.54, 1.807) is 31.2 Å². The molecule has 1 aromatic carbocycles. The molecule has 1 heterocycles. The fraction of sp³-hybridized carbons (Fsp3) is 0.400. The molecule has 2 rings (SSSR count). The number of nitrogens with zero attached hydrogens (tertiary/aromatic N) is 2. The van der Waals surface area contributed by atoms with E-state index >= 15 is 0 Å². The molecule has 1 saturated heterocycles. The van der Waals surface area contributed by atoms with Crippen LogP contribution >= 0.6 is 0 Å². The summed E-state index contributed by atoms with van der Waals surface area (Å²) in [6, 6.07) is 5.89. The summed E-state index contributed by atoms with van der Waals surface area (Å²) in [5, 5.41) is 14.6. The van der Waals surface area contributed by atoms with Gasteiger partial charge in [-0.05, 0) is 37.0 Å². The van der Waals surface area contributed by atoms with Crippen molar-refractivity contribution in [3.05, 3.63) is 29.8 Å². The van der Waals surface area contributed by atoms with E-state index in [-0.39, 0.29) is 5.91 Å². The summed E-state index contributed by atoms with van der Waals surface area (Å²) in [7, 11) is 0. The van der Waals surface area contributed by atoms with Gasteiger partial charge in [-0.3, -0.25) is 4.79 Å². The minimum Gasteiger partial charge on any atom is -0.411 e. The van der Waals surface area contributed by atoms with E-state index in [1.807, 2.05) is 13.8 Å². The van der Waals surface area contributed by atoms with Gasteiger partial charge < -0.3 is 10.5 Å². The highest BCUT2D eigenvalue weighted by molar-refractivity contribution is 6.21. The number of rotatable bonds is 4. The van der Waals surface area contributed by atoms with Crippen molar-refractivity contribution in [3.63, 3.8) is 0 Å². The molecule has 21 heavy (non-hydrogen) atoms. The number of carbonyl (C=O) groups excluding carboxylic acids is 2. The van der Waals surface area contributed by atoms with Crippen molar-refractivity contribution in [2.45, 2.75) is 33.2 Å². The Kier molecular flexibility index (Phi) is 4.26. The molecular weight excluding hydrogens is 270 g/mol. The number of imide groups is 1. The van der Waals surface area contributed by atoms with Crippen LogP contribution in [0.3, 0.4) is 0 Å². The van der Waals surface area contributed by atoms with Gasteiger partial charge in [-0.15, -0.1) is 0 Å². The Bertz CT molecular complexity index is 578. The van der Waals surface area contributed by atoms with Crippen LogP contribution in [0.5, 0.6) is 0 Å². The van der Waals surface area contributed by atoms with Gasteiger partial charge in [0.05, 0.1) is 11.4 Å². The molecule has 0 radical (unpaired) electrons. The lowest BCUT2D eigenvalue weighted by molar-refractivity contribution is -0.118. The van der Waals surface area contributed by atoms with Gasteiger partial charge >= 0.3 is 6.03 Å². The predicted octanol–water partition coefficient (Wildman–Crippen LogP) is 2.36. The highest BCUT2D eigenvalue weighted by atomic mass is 16.4. The minimum absolute atomic E-state index is 0.228. The molecule has 3 amide bonds. The monoisotopic (exact) mass is 289 g/mol. The van der Waals surface area contributed by atoms with Crippen LogP contribution in [0.1, 0.15) is 32.8 Å². The molecule has 2 N–H and O–H groups in total. The maximum absolute atomic E-state index is 12.3. The van der Waals surface area contributed by atoms with Gasteiger partial charge in [-0.1, -0.05) is 31.1 Å². The predicted molar refractivity (Wildman–Crippen MR) is 79.7 cm³/mol. The fourth-order valence-electron chi connectivity index (χ4n) is 2.32.